The van der Waals surface area contributed by atoms with Crippen molar-refractivity contribution < 1.29 is 28.6 Å². The number of esters is 2. The molecular weight excluding hydrogens is 292 g/mol. The van der Waals surface area contributed by atoms with Crippen LogP contribution in [0.15, 0.2) is 6.20 Å². The number of hydrogen-bond acceptors (Lipinski definition) is 6. The van der Waals surface area contributed by atoms with E-state index in [0.29, 0.717) is 6.42 Å². The molecule has 0 bridgehead atoms. The normalized spacial score (nSPS) is 20.5. The lowest BCUT2D eigenvalue weighted by Crippen LogP contribution is -2.29. The molecule has 0 aliphatic carbocycles. The molecule has 1 amide bonds. The number of nitrogens with one attached hydrogen (secondary N) is 2. The van der Waals surface area contributed by atoms with Gasteiger partial charge in [0.1, 0.15) is 17.4 Å². The van der Waals surface area contributed by atoms with E-state index < -0.39 is 23.9 Å². The Balaban J connectivity index is 2.27. The van der Waals surface area contributed by atoms with Crippen LogP contribution in [0.4, 0.5) is 5.69 Å². The molecule has 0 unspecified atom stereocenters. The summed E-state index contributed by atoms with van der Waals surface area (Å²) in [7, 11) is 2.41. The van der Waals surface area contributed by atoms with Crippen molar-refractivity contribution >= 4 is 23.5 Å². The largest absolute Gasteiger partial charge is 0.465 e. The Labute approximate surface area is 127 Å². The zero-order valence-corrected chi connectivity index (χ0v) is 12.6. The number of carbonyl (C=O) groups excluding carboxylic acids is 3. The van der Waals surface area contributed by atoms with Crippen LogP contribution < -0.4 is 5.32 Å². The standard InChI is InChI=1S/C14H18N2O6/c1-7-4-5-9(22-7)12(17)16-10-8(13(18)20-2)6-15-11(10)14(19)21-3/h6-7,9,15H,4-5H2,1-3H3,(H,16,17)/t7-,9-/m0/s1. The van der Waals surface area contributed by atoms with Crippen molar-refractivity contribution in [1.82, 2.24) is 4.98 Å². The Kier molecular flexibility index (Phi) is 4.81. The number of carbonyl (C=O) groups is 3. The Bertz CT molecular complexity index is 561. The lowest BCUT2D eigenvalue weighted by atomic mass is 10.2. The highest BCUT2D eigenvalue weighted by Crippen LogP contribution is 2.25. The maximum absolute atomic E-state index is 12.2. The van der Waals surface area contributed by atoms with Crippen LogP contribution in [-0.4, -0.2) is 49.3 Å². The van der Waals surface area contributed by atoms with Crippen molar-refractivity contribution in [2.45, 2.75) is 32.0 Å². The van der Waals surface area contributed by atoms with Crippen molar-refractivity contribution in [3.63, 3.8) is 0 Å². The van der Waals surface area contributed by atoms with Crippen LogP contribution in [-0.2, 0) is 19.0 Å². The molecule has 22 heavy (non-hydrogen) atoms. The molecule has 0 aromatic carbocycles. The molecule has 8 heteroatoms. The van der Waals surface area contributed by atoms with E-state index in [4.69, 9.17) is 4.74 Å². The van der Waals surface area contributed by atoms with Crippen LogP contribution in [0.25, 0.3) is 0 Å². The summed E-state index contributed by atoms with van der Waals surface area (Å²) < 4.78 is 14.7. The van der Waals surface area contributed by atoms with E-state index in [1.165, 1.54) is 20.4 Å². The summed E-state index contributed by atoms with van der Waals surface area (Å²) in [4.78, 5) is 38.3. The van der Waals surface area contributed by atoms with Gasteiger partial charge in [0.05, 0.1) is 26.0 Å². The fourth-order valence-corrected chi connectivity index (χ4v) is 2.29. The van der Waals surface area contributed by atoms with Gasteiger partial charge in [0.25, 0.3) is 5.91 Å². The van der Waals surface area contributed by atoms with Crippen LogP contribution in [0.3, 0.4) is 0 Å². The predicted molar refractivity (Wildman–Crippen MR) is 75.7 cm³/mol. The van der Waals surface area contributed by atoms with E-state index >= 15 is 0 Å². The lowest BCUT2D eigenvalue weighted by molar-refractivity contribution is -0.126. The fourth-order valence-electron chi connectivity index (χ4n) is 2.29. The van der Waals surface area contributed by atoms with Gasteiger partial charge in [0.15, 0.2) is 0 Å². The van der Waals surface area contributed by atoms with Gasteiger partial charge in [0, 0.05) is 6.20 Å². The average Bonchev–Trinajstić information content (AvgIpc) is 3.12. The summed E-state index contributed by atoms with van der Waals surface area (Å²) in [5, 5.41) is 2.56. The van der Waals surface area contributed by atoms with Crippen molar-refractivity contribution in [2.75, 3.05) is 19.5 Å². The summed E-state index contributed by atoms with van der Waals surface area (Å²) in [6.07, 6.45) is 2.03. The molecule has 0 spiro atoms. The molecule has 2 N–H and O–H groups in total. The first-order valence-electron chi connectivity index (χ1n) is 6.82. The van der Waals surface area contributed by atoms with Crippen LogP contribution in [0, 0.1) is 0 Å². The van der Waals surface area contributed by atoms with E-state index in [1.54, 1.807) is 0 Å². The first kappa shape index (κ1) is 16.0. The van der Waals surface area contributed by atoms with Gasteiger partial charge >= 0.3 is 11.9 Å². The highest BCUT2D eigenvalue weighted by atomic mass is 16.5. The monoisotopic (exact) mass is 310 g/mol. The number of amides is 1. The van der Waals surface area contributed by atoms with Crippen molar-refractivity contribution in [3.8, 4) is 0 Å². The van der Waals surface area contributed by atoms with E-state index in [-0.39, 0.29) is 23.0 Å². The second-order valence-electron chi connectivity index (χ2n) is 4.94. The molecule has 1 saturated heterocycles. The molecule has 2 atom stereocenters. The van der Waals surface area contributed by atoms with E-state index in [2.05, 4.69) is 19.8 Å². The third-order valence-corrected chi connectivity index (χ3v) is 3.45. The SMILES string of the molecule is COC(=O)c1c[nH]c(C(=O)OC)c1NC(=O)[C@@H]1CC[C@H](C)O1. The van der Waals surface area contributed by atoms with Crippen molar-refractivity contribution in [1.29, 1.82) is 0 Å². The molecule has 1 fully saturated rings. The molecule has 1 aliphatic heterocycles. The molecule has 1 aliphatic rings. The summed E-state index contributed by atoms with van der Waals surface area (Å²) in [5.41, 5.74) is 0.0523. The molecule has 2 heterocycles. The number of hydrogen-bond donors (Lipinski definition) is 2. The molecule has 1 aromatic rings. The highest BCUT2D eigenvalue weighted by molar-refractivity contribution is 6.09. The van der Waals surface area contributed by atoms with Gasteiger partial charge in [0.2, 0.25) is 0 Å². The number of aromatic amines is 1. The molecule has 8 nitrogen and oxygen atoms in total. The maximum Gasteiger partial charge on any atom is 0.356 e. The van der Waals surface area contributed by atoms with Crippen molar-refractivity contribution in [3.05, 3.63) is 17.5 Å². The summed E-state index contributed by atoms with van der Waals surface area (Å²) in [6, 6.07) is 0. The molecule has 1 aromatic heterocycles. The Morgan fingerprint density at radius 2 is 1.91 bits per heavy atom. The van der Waals surface area contributed by atoms with Gasteiger partial charge in [-0.1, -0.05) is 0 Å². The van der Waals surface area contributed by atoms with Crippen LogP contribution in [0.2, 0.25) is 0 Å². The van der Waals surface area contributed by atoms with Gasteiger partial charge in [-0.15, -0.1) is 0 Å². The number of methoxy groups -OCH3 is 2. The van der Waals surface area contributed by atoms with E-state index in [9.17, 15) is 14.4 Å². The number of anilines is 1. The van der Waals surface area contributed by atoms with Crippen LogP contribution in [0.1, 0.15) is 40.6 Å². The van der Waals surface area contributed by atoms with Gasteiger partial charge in [-0.3, -0.25) is 4.79 Å². The number of ether oxygens (including phenoxy) is 3. The smallest absolute Gasteiger partial charge is 0.356 e. The minimum Gasteiger partial charge on any atom is -0.465 e. The minimum absolute atomic E-state index is 0.00197. The second kappa shape index (κ2) is 6.61. The first-order chi connectivity index (χ1) is 10.5. The van der Waals surface area contributed by atoms with Crippen molar-refractivity contribution in [2.24, 2.45) is 0 Å². The molecule has 0 saturated carbocycles. The fraction of sp³-hybridized carbons (Fsp3) is 0.500. The third kappa shape index (κ3) is 3.11. The third-order valence-electron chi connectivity index (χ3n) is 3.45. The predicted octanol–water partition coefficient (Wildman–Crippen LogP) is 1.09. The van der Waals surface area contributed by atoms with Gasteiger partial charge in [-0.25, -0.2) is 9.59 Å². The van der Waals surface area contributed by atoms with Gasteiger partial charge in [-0.2, -0.15) is 0 Å². The first-order valence-corrected chi connectivity index (χ1v) is 6.82. The average molecular weight is 310 g/mol. The Morgan fingerprint density at radius 1 is 1.23 bits per heavy atom. The zero-order valence-electron chi connectivity index (χ0n) is 12.6. The van der Waals surface area contributed by atoms with Crippen LogP contribution in [0.5, 0.6) is 0 Å². The minimum atomic E-state index is -0.703. The Morgan fingerprint density at radius 3 is 2.45 bits per heavy atom. The topological polar surface area (TPSA) is 107 Å². The Hall–Kier alpha value is -2.35. The molecule has 0 radical (unpaired) electrons. The van der Waals surface area contributed by atoms with Crippen LogP contribution >= 0.6 is 0 Å². The molecular formula is C14H18N2O6. The van der Waals surface area contributed by atoms with Gasteiger partial charge in [-0.05, 0) is 19.8 Å². The lowest BCUT2D eigenvalue weighted by Gasteiger charge is -2.13. The quantitative estimate of drug-likeness (QED) is 0.806. The molecule has 2 rings (SSSR count). The summed E-state index contributed by atoms with van der Waals surface area (Å²) in [5.74, 6) is -1.80. The highest BCUT2D eigenvalue weighted by Gasteiger charge is 2.31. The number of H-pyrrole nitrogens is 1. The van der Waals surface area contributed by atoms with E-state index in [0.717, 1.165) is 6.42 Å². The van der Waals surface area contributed by atoms with E-state index in [1.807, 2.05) is 6.92 Å². The second-order valence-corrected chi connectivity index (χ2v) is 4.94. The zero-order chi connectivity index (χ0) is 16.3. The number of aromatic nitrogens is 1. The maximum atomic E-state index is 12.2. The number of rotatable bonds is 4. The summed E-state index contributed by atoms with van der Waals surface area (Å²) in [6.45, 7) is 1.88. The van der Waals surface area contributed by atoms with Gasteiger partial charge < -0.3 is 24.5 Å². The summed E-state index contributed by atoms with van der Waals surface area (Å²) >= 11 is 0. The molecule has 120 valence electrons.